The van der Waals surface area contributed by atoms with E-state index < -0.39 is 17.5 Å². The Morgan fingerprint density at radius 3 is 2.85 bits per heavy atom. The van der Waals surface area contributed by atoms with Crippen LogP contribution in [0.1, 0.15) is 23.3 Å². The van der Waals surface area contributed by atoms with Crippen molar-refractivity contribution in [2.75, 3.05) is 5.32 Å². The number of nitrogens with zero attached hydrogens (tertiary/aromatic N) is 2. The Bertz CT molecular complexity index is 1070. The summed E-state index contributed by atoms with van der Waals surface area (Å²) in [7, 11) is 0. The van der Waals surface area contributed by atoms with Crippen LogP contribution in [0.3, 0.4) is 0 Å². The molecule has 0 saturated heterocycles. The van der Waals surface area contributed by atoms with Gasteiger partial charge in [-0.3, -0.25) is 14.2 Å². The minimum Gasteiger partial charge on any atom is -0.324 e. The second-order valence-corrected chi connectivity index (χ2v) is 7.33. The molecule has 1 N–H and O–H groups in total. The van der Waals surface area contributed by atoms with E-state index in [-0.39, 0.29) is 17.8 Å². The molecule has 0 bridgehead atoms. The number of hydrogen-bond acceptors (Lipinski definition) is 4. The molecule has 134 valence electrons. The lowest BCUT2D eigenvalue weighted by Gasteiger charge is -2.10. The Morgan fingerprint density at radius 1 is 1.23 bits per heavy atom. The molecule has 0 radical (unpaired) electrons. The molecule has 1 aliphatic carbocycles. The van der Waals surface area contributed by atoms with Gasteiger partial charge in [0.15, 0.2) is 11.6 Å². The summed E-state index contributed by atoms with van der Waals surface area (Å²) < 4.78 is 27.4. The summed E-state index contributed by atoms with van der Waals surface area (Å²) in [5.74, 6) is -2.55. The molecule has 0 atom stereocenters. The predicted molar refractivity (Wildman–Crippen MR) is 95.5 cm³/mol. The van der Waals surface area contributed by atoms with Gasteiger partial charge in [0.25, 0.3) is 5.56 Å². The second-order valence-electron chi connectivity index (χ2n) is 6.25. The van der Waals surface area contributed by atoms with E-state index in [2.05, 4.69) is 10.3 Å². The second kappa shape index (κ2) is 6.60. The molecule has 4 rings (SSSR count). The smallest absolute Gasteiger partial charge is 0.262 e. The van der Waals surface area contributed by atoms with Gasteiger partial charge in [0, 0.05) is 16.6 Å². The van der Waals surface area contributed by atoms with Crippen LogP contribution in [0, 0.1) is 11.6 Å². The molecule has 0 aliphatic heterocycles. The molecule has 0 unspecified atom stereocenters. The van der Waals surface area contributed by atoms with Crippen LogP contribution in [0.15, 0.2) is 29.3 Å². The third-order valence-corrected chi connectivity index (χ3v) is 5.66. The van der Waals surface area contributed by atoms with Gasteiger partial charge in [-0.1, -0.05) is 0 Å². The fourth-order valence-corrected chi connectivity index (χ4v) is 4.44. The summed E-state index contributed by atoms with van der Waals surface area (Å²) in [6.07, 6.45) is 5.34. The number of halogens is 2. The van der Waals surface area contributed by atoms with Crippen molar-refractivity contribution in [1.82, 2.24) is 9.55 Å². The van der Waals surface area contributed by atoms with Gasteiger partial charge in [0.05, 0.1) is 11.7 Å². The summed E-state index contributed by atoms with van der Waals surface area (Å²) in [6, 6.07) is 3.09. The van der Waals surface area contributed by atoms with Crippen molar-refractivity contribution in [3.05, 3.63) is 57.0 Å². The summed E-state index contributed by atoms with van der Waals surface area (Å²) in [6.45, 7) is -0.245. The van der Waals surface area contributed by atoms with E-state index in [1.54, 1.807) is 11.3 Å². The molecule has 1 amide bonds. The SMILES string of the molecule is O=C(Cn1cnc2sc3c(c2c1=O)CCCC3)Nc1ccc(F)c(F)c1. The first kappa shape index (κ1) is 16.8. The topological polar surface area (TPSA) is 64.0 Å². The van der Waals surface area contributed by atoms with Crippen LogP contribution in [0.2, 0.25) is 0 Å². The van der Waals surface area contributed by atoms with Gasteiger partial charge in [-0.15, -0.1) is 11.3 Å². The van der Waals surface area contributed by atoms with Crippen LogP contribution in [0.4, 0.5) is 14.5 Å². The number of aryl methyl sites for hydroxylation is 2. The number of benzene rings is 1. The zero-order chi connectivity index (χ0) is 18.3. The van der Waals surface area contributed by atoms with Gasteiger partial charge in [-0.25, -0.2) is 13.8 Å². The van der Waals surface area contributed by atoms with E-state index in [4.69, 9.17) is 0 Å². The Hall–Kier alpha value is -2.61. The van der Waals surface area contributed by atoms with Crippen LogP contribution in [-0.4, -0.2) is 15.5 Å². The van der Waals surface area contributed by atoms with Crippen LogP contribution < -0.4 is 10.9 Å². The molecule has 2 heterocycles. The molecule has 0 spiro atoms. The summed E-state index contributed by atoms with van der Waals surface area (Å²) in [4.78, 5) is 31.2. The average molecular weight is 375 g/mol. The summed E-state index contributed by atoms with van der Waals surface area (Å²) in [5, 5.41) is 3.06. The summed E-state index contributed by atoms with van der Waals surface area (Å²) >= 11 is 1.54. The van der Waals surface area contributed by atoms with Crippen LogP contribution >= 0.6 is 11.3 Å². The monoisotopic (exact) mass is 375 g/mol. The Kier molecular flexibility index (Phi) is 4.28. The number of nitrogens with one attached hydrogen (secondary N) is 1. The summed E-state index contributed by atoms with van der Waals surface area (Å²) in [5.41, 5.74) is 0.947. The van der Waals surface area contributed by atoms with E-state index in [0.717, 1.165) is 43.4 Å². The Labute approximate surface area is 151 Å². The molecular weight excluding hydrogens is 360 g/mol. The van der Waals surface area contributed by atoms with E-state index >= 15 is 0 Å². The van der Waals surface area contributed by atoms with Gasteiger partial charge in [-0.2, -0.15) is 0 Å². The number of fused-ring (bicyclic) bond motifs is 3. The number of amides is 1. The maximum atomic E-state index is 13.2. The van der Waals surface area contributed by atoms with Gasteiger partial charge < -0.3 is 5.32 Å². The Balaban J connectivity index is 1.60. The highest BCUT2D eigenvalue weighted by Crippen LogP contribution is 2.33. The van der Waals surface area contributed by atoms with Crippen molar-refractivity contribution < 1.29 is 13.6 Å². The molecule has 5 nitrogen and oxygen atoms in total. The van der Waals surface area contributed by atoms with Gasteiger partial charge in [-0.05, 0) is 43.4 Å². The third-order valence-electron chi connectivity index (χ3n) is 4.46. The number of thiophene rings is 1. The van der Waals surface area contributed by atoms with Crippen molar-refractivity contribution in [3.63, 3.8) is 0 Å². The number of aromatic nitrogens is 2. The van der Waals surface area contributed by atoms with E-state index in [1.807, 2.05) is 0 Å². The van der Waals surface area contributed by atoms with Crippen molar-refractivity contribution in [2.45, 2.75) is 32.2 Å². The standard InChI is InChI=1S/C18H15F2N3O2S/c19-12-6-5-10(7-13(12)20)22-15(24)8-23-9-21-17-16(18(23)25)11-3-1-2-4-14(11)26-17/h5-7,9H,1-4,8H2,(H,22,24). The normalized spacial score (nSPS) is 13.6. The van der Waals surface area contributed by atoms with Crippen molar-refractivity contribution in [1.29, 1.82) is 0 Å². The highest BCUT2D eigenvalue weighted by atomic mass is 32.1. The fraction of sp³-hybridized carbons (Fsp3) is 0.278. The molecule has 0 saturated carbocycles. The molecule has 2 aromatic heterocycles. The van der Waals surface area contributed by atoms with Crippen LogP contribution in [-0.2, 0) is 24.2 Å². The third kappa shape index (κ3) is 3.01. The number of anilines is 1. The van der Waals surface area contributed by atoms with Crippen molar-refractivity contribution in [2.24, 2.45) is 0 Å². The molecule has 3 aromatic rings. The Morgan fingerprint density at radius 2 is 2.04 bits per heavy atom. The molecule has 1 aromatic carbocycles. The van der Waals surface area contributed by atoms with Crippen molar-refractivity contribution in [3.8, 4) is 0 Å². The maximum absolute atomic E-state index is 13.2. The largest absolute Gasteiger partial charge is 0.324 e. The lowest BCUT2D eigenvalue weighted by molar-refractivity contribution is -0.116. The van der Waals surface area contributed by atoms with Crippen LogP contribution in [0.5, 0.6) is 0 Å². The number of hydrogen-bond donors (Lipinski definition) is 1. The van der Waals surface area contributed by atoms with Crippen LogP contribution in [0.25, 0.3) is 10.2 Å². The lowest BCUT2D eigenvalue weighted by Crippen LogP contribution is -2.28. The number of carbonyl (C=O) groups is 1. The zero-order valence-corrected chi connectivity index (χ0v) is 14.5. The molecule has 0 fully saturated rings. The highest BCUT2D eigenvalue weighted by Gasteiger charge is 2.20. The van der Waals surface area contributed by atoms with E-state index in [0.29, 0.717) is 10.2 Å². The van der Waals surface area contributed by atoms with E-state index in [1.165, 1.54) is 21.8 Å². The average Bonchev–Trinajstić information content (AvgIpc) is 3.00. The lowest BCUT2D eigenvalue weighted by atomic mass is 9.97. The number of carbonyl (C=O) groups excluding carboxylic acids is 1. The van der Waals surface area contributed by atoms with Gasteiger partial charge in [0.2, 0.25) is 5.91 Å². The first-order chi connectivity index (χ1) is 12.5. The van der Waals surface area contributed by atoms with Gasteiger partial charge >= 0.3 is 0 Å². The first-order valence-electron chi connectivity index (χ1n) is 8.27. The minimum atomic E-state index is -1.05. The fourth-order valence-electron chi connectivity index (χ4n) is 3.22. The molecule has 8 heteroatoms. The molecular formula is C18H15F2N3O2S. The number of rotatable bonds is 3. The molecule has 1 aliphatic rings. The maximum Gasteiger partial charge on any atom is 0.262 e. The predicted octanol–water partition coefficient (Wildman–Crippen LogP) is 3.25. The quantitative estimate of drug-likeness (QED) is 0.764. The minimum absolute atomic E-state index is 0.129. The zero-order valence-electron chi connectivity index (χ0n) is 13.7. The van der Waals surface area contributed by atoms with E-state index in [9.17, 15) is 18.4 Å². The van der Waals surface area contributed by atoms with Crippen molar-refractivity contribution >= 4 is 33.1 Å². The molecule has 26 heavy (non-hydrogen) atoms. The first-order valence-corrected chi connectivity index (χ1v) is 9.09. The van der Waals surface area contributed by atoms with Gasteiger partial charge in [0.1, 0.15) is 11.4 Å². The highest BCUT2D eigenvalue weighted by molar-refractivity contribution is 7.18.